The van der Waals surface area contributed by atoms with Crippen molar-refractivity contribution in [2.75, 3.05) is 11.9 Å². The van der Waals surface area contributed by atoms with Crippen molar-refractivity contribution in [1.29, 1.82) is 0 Å². The van der Waals surface area contributed by atoms with Crippen molar-refractivity contribution in [1.82, 2.24) is 10.2 Å². The van der Waals surface area contributed by atoms with Crippen molar-refractivity contribution < 1.29 is 13.5 Å². The van der Waals surface area contributed by atoms with E-state index in [9.17, 15) is 8.78 Å². The second-order valence-electron chi connectivity index (χ2n) is 5.80. The number of anilines is 1. The van der Waals surface area contributed by atoms with Gasteiger partial charge in [-0.25, -0.2) is 8.78 Å². The van der Waals surface area contributed by atoms with Gasteiger partial charge in [-0.3, -0.25) is 0 Å². The van der Waals surface area contributed by atoms with Crippen LogP contribution >= 0.6 is 0 Å². The zero-order valence-electron chi connectivity index (χ0n) is 13.2. The van der Waals surface area contributed by atoms with Crippen LogP contribution in [0, 0.1) is 11.6 Å². The van der Waals surface area contributed by atoms with Gasteiger partial charge in [0.1, 0.15) is 11.6 Å². The maximum atomic E-state index is 13.8. The lowest BCUT2D eigenvalue weighted by Gasteiger charge is -2.27. The Morgan fingerprint density at radius 3 is 2.56 bits per heavy atom. The van der Waals surface area contributed by atoms with Gasteiger partial charge in [-0.1, -0.05) is 12.1 Å². The highest BCUT2D eigenvalue weighted by molar-refractivity contribution is 5.59. The van der Waals surface area contributed by atoms with Gasteiger partial charge in [0, 0.05) is 17.5 Å². The first-order valence-electron chi connectivity index (χ1n) is 7.98. The maximum absolute atomic E-state index is 13.8. The molecule has 0 spiro atoms. The Labute approximate surface area is 143 Å². The summed E-state index contributed by atoms with van der Waals surface area (Å²) in [6.45, 7) is 0.437. The van der Waals surface area contributed by atoms with Crippen molar-refractivity contribution in [3.63, 3.8) is 0 Å². The predicted octanol–water partition coefficient (Wildman–Crippen LogP) is 4.36. The number of para-hydroxylation sites is 1. The standard InChI is InChI=1S/C19H15F2N3O/c20-13-6-4-12(5-7-13)16-8-9-18(24-23-16)22-17-10-11-25-19-14(17)2-1-3-15(19)21/h1-9,17H,10-11H2,(H,22,24)/t17-/m0/s1. The lowest BCUT2D eigenvalue weighted by molar-refractivity contribution is 0.260. The summed E-state index contributed by atoms with van der Waals surface area (Å²) < 4.78 is 32.3. The van der Waals surface area contributed by atoms with Crippen LogP contribution in [0.4, 0.5) is 14.6 Å². The van der Waals surface area contributed by atoms with E-state index >= 15 is 0 Å². The van der Waals surface area contributed by atoms with E-state index in [0.29, 0.717) is 30.3 Å². The van der Waals surface area contributed by atoms with Gasteiger partial charge >= 0.3 is 0 Å². The van der Waals surface area contributed by atoms with Gasteiger partial charge in [-0.05, 0) is 42.5 Å². The van der Waals surface area contributed by atoms with Crippen LogP contribution in [0.1, 0.15) is 18.0 Å². The average molecular weight is 339 g/mol. The molecule has 0 aliphatic carbocycles. The molecule has 3 aromatic rings. The van der Waals surface area contributed by atoms with Gasteiger partial charge in [0.2, 0.25) is 0 Å². The number of nitrogens with one attached hydrogen (secondary N) is 1. The molecule has 1 atom stereocenters. The number of nitrogens with zero attached hydrogens (tertiary/aromatic N) is 2. The third kappa shape index (κ3) is 3.15. The fourth-order valence-corrected chi connectivity index (χ4v) is 2.90. The first kappa shape index (κ1) is 15.5. The van der Waals surface area contributed by atoms with Crippen LogP contribution in [0.3, 0.4) is 0 Å². The fourth-order valence-electron chi connectivity index (χ4n) is 2.90. The summed E-state index contributed by atoms with van der Waals surface area (Å²) in [4.78, 5) is 0. The summed E-state index contributed by atoms with van der Waals surface area (Å²) in [5.41, 5.74) is 2.22. The Morgan fingerprint density at radius 2 is 1.80 bits per heavy atom. The third-order valence-corrected chi connectivity index (χ3v) is 4.15. The number of rotatable bonds is 3. The van der Waals surface area contributed by atoms with Crippen LogP contribution in [0.5, 0.6) is 5.75 Å². The Morgan fingerprint density at radius 1 is 0.960 bits per heavy atom. The van der Waals surface area contributed by atoms with Crippen LogP contribution in [-0.2, 0) is 0 Å². The maximum Gasteiger partial charge on any atom is 0.165 e. The highest BCUT2D eigenvalue weighted by Gasteiger charge is 2.24. The number of aromatic nitrogens is 2. The molecule has 0 saturated heterocycles. The predicted molar refractivity (Wildman–Crippen MR) is 90.3 cm³/mol. The second kappa shape index (κ2) is 6.47. The highest BCUT2D eigenvalue weighted by Crippen LogP contribution is 2.35. The van der Waals surface area contributed by atoms with E-state index in [-0.39, 0.29) is 17.7 Å². The minimum atomic E-state index is -0.359. The summed E-state index contributed by atoms with van der Waals surface area (Å²) >= 11 is 0. The van der Waals surface area contributed by atoms with Crippen molar-refractivity contribution in [3.05, 3.63) is 71.8 Å². The second-order valence-corrected chi connectivity index (χ2v) is 5.80. The van der Waals surface area contributed by atoms with Crippen LogP contribution < -0.4 is 10.1 Å². The van der Waals surface area contributed by atoms with Crippen molar-refractivity contribution in [2.24, 2.45) is 0 Å². The molecule has 1 N–H and O–H groups in total. The molecule has 25 heavy (non-hydrogen) atoms. The topological polar surface area (TPSA) is 47.0 Å². The lowest BCUT2D eigenvalue weighted by Crippen LogP contribution is -2.21. The molecule has 0 radical (unpaired) electrons. The molecular formula is C19H15F2N3O. The molecule has 0 amide bonds. The summed E-state index contributed by atoms with van der Waals surface area (Å²) in [6, 6.07) is 14.5. The van der Waals surface area contributed by atoms with Crippen molar-refractivity contribution in [3.8, 4) is 17.0 Å². The smallest absolute Gasteiger partial charge is 0.165 e. The van der Waals surface area contributed by atoms with Gasteiger partial charge in [0.05, 0.1) is 18.3 Å². The molecule has 2 aromatic carbocycles. The minimum Gasteiger partial charge on any atom is -0.490 e. The number of benzene rings is 2. The molecule has 2 heterocycles. The molecule has 0 unspecified atom stereocenters. The summed E-state index contributed by atoms with van der Waals surface area (Å²) in [7, 11) is 0. The van der Waals surface area contributed by atoms with Crippen LogP contribution in [0.2, 0.25) is 0 Å². The van der Waals surface area contributed by atoms with E-state index < -0.39 is 0 Å². The molecule has 4 nitrogen and oxygen atoms in total. The third-order valence-electron chi connectivity index (χ3n) is 4.15. The molecule has 126 valence electrons. The first-order chi connectivity index (χ1) is 12.2. The zero-order valence-corrected chi connectivity index (χ0v) is 13.2. The summed E-state index contributed by atoms with van der Waals surface area (Å²) in [6.07, 6.45) is 0.706. The van der Waals surface area contributed by atoms with E-state index in [1.807, 2.05) is 12.1 Å². The van der Waals surface area contributed by atoms with E-state index in [4.69, 9.17) is 4.74 Å². The van der Waals surface area contributed by atoms with Crippen LogP contribution in [-0.4, -0.2) is 16.8 Å². The number of hydrogen-bond donors (Lipinski definition) is 1. The van der Waals surface area contributed by atoms with Gasteiger partial charge in [-0.15, -0.1) is 10.2 Å². The average Bonchev–Trinajstić information content (AvgIpc) is 2.64. The van der Waals surface area contributed by atoms with Crippen molar-refractivity contribution >= 4 is 5.82 Å². The molecule has 6 heteroatoms. The zero-order chi connectivity index (χ0) is 17.2. The highest BCUT2D eigenvalue weighted by atomic mass is 19.1. The quantitative estimate of drug-likeness (QED) is 0.770. The lowest BCUT2D eigenvalue weighted by atomic mass is 10.0. The number of halogens is 2. The van der Waals surface area contributed by atoms with Crippen LogP contribution in [0.25, 0.3) is 11.3 Å². The molecule has 0 bridgehead atoms. The fraction of sp³-hybridized carbons (Fsp3) is 0.158. The van der Waals surface area contributed by atoms with Gasteiger partial charge in [0.15, 0.2) is 11.6 Å². The van der Waals surface area contributed by atoms with E-state index in [2.05, 4.69) is 15.5 Å². The van der Waals surface area contributed by atoms with Gasteiger partial charge in [0.25, 0.3) is 0 Å². The monoisotopic (exact) mass is 339 g/mol. The number of fused-ring (bicyclic) bond motifs is 1. The van der Waals surface area contributed by atoms with Gasteiger partial charge in [-0.2, -0.15) is 0 Å². The molecule has 1 aliphatic rings. The SMILES string of the molecule is Fc1ccc(-c2ccc(N[C@H]3CCOc4c(F)cccc43)nn2)cc1. The molecule has 0 saturated carbocycles. The Kier molecular flexibility index (Phi) is 4.01. The minimum absolute atomic E-state index is 0.0922. The van der Waals surface area contributed by atoms with E-state index in [1.54, 1.807) is 24.3 Å². The Balaban J connectivity index is 1.55. The normalized spacial score (nSPS) is 16.0. The van der Waals surface area contributed by atoms with E-state index in [1.165, 1.54) is 18.2 Å². The summed E-state index contributed by atoms with van der Waals surface area (Å²) in [5, 5.41) is 11.6. The van der Waals surface area contributed by atoms with E-state index in [0.717, 1.165) is 11.1 Å². The van der Waals surface area contributed by atoms with Crippen molar-refractivity contribution in [2.45, 2.75) is 12.5 Å². The van der Waals surface area contributed by atoms with Crippen LogP contribution in [0.15, 0.2) is 54.6 Å². The first-order valence-corrected chi connectivity index (χ1v) is 7.98. The summed E-state index contributed by atoms with van der Waals surface area (Å²) in [5.74, 6) is 0.234. The molecular weight excluding hydrogens is 324 g/mol. The largest absolute Gasteiger partial charge is 0.490 e. The molecule has 4 rings (SSSR count). The van der Waals surface area contributed by atoms with Gasteiger partial charge < -0.3 is 10.1 Å². The Bertz CT molecular complexity index is 882. The molecule has 1 aliphatic heterocycles. The number of hydrogen-bond acceptors (Lipinski definition) is 4. The Hall–Kier alpha value is -3.02. The molecule has 1 aromatic heterocycles. The molecule has 0 fully saturated rings. The number of ether oxygens (including phenoxy) is 1.